The Kier molecular flexibility index (Phi) is 2.94. The van der Waals surface area contributed by atoms with Gasteiger partial charge in [0.05, 0.1) is 11.1 Å². The highest BCUT2D eigenvalue weighted by Crippen LogP contribution is 2.35. The normalized spacial score (nSPS) is 11.6. The lowest BCUT2D eigenvalue weighted by molar-refractivity contribution is -0.137. The first-order valence-corrected chi connectivity index (χ1v) is 5.12. The summed E-state index contributed by atoms with van der Waals surface area (Å²) < 4.78 is 38.5. The standard InChI is InChI=1S/C12H9F3N2O/c1-7(18)16-11-9(12(13,14)15)6-8-4-2-3-5-10(8)17-11/h2-6H,1H3,(H,16,17,18). The van der Waals surface area contributed by atoms with Gasteiger partial charge in [0.15, 0.2) is 0 Å². The predicted molar refractivity (Wildman–Crippen MR) is 61.0 cm³/mol. The maximum atomic E-state index is 12.8. The van der Waals surface area contributed by atoms with E-state index in [0.717, 1.165) is 13.0 Å². The Morgan fingerprint density at radius 3 is 2.56 bits per heavy atom. The zero-order valence-electron chi connectivity index (χ0n) is 9.38. The molecule has 0 spiro atoms. The summed E-state index contributed by atoms with van der Waals surface area (Å²) in [6.07, 6.45) is -4.56. The highest BCUT2D eigenvalue weighted by Gasteiger charge is 2.35. The summed E-state index contributed by atoms with van der Waals surface area (Å²) in [5, 5.41) is 2.48. The van der Waals surface area contributed by atoms with Crippen LogP contribution in [0.4, 0.5) is 19.0 Å². The molecule has 0 aliphatic heterocycles. The number of nitrogens with one attached hydrogen (secondary N) is 1. The van der Waals surface area contributed by atoms with Gasteiger partial charge < -0.3 is 5.32 Å². The molecule has 18 heavy (non-hydrogen) atoms. The highest BCUT2D eigenvalue weighted by atomic mass is 19.4. The van der Waals surface area contributed by atoms with Crippen LogP contribution in [0.5, 0.6) is 0 Å². The molecule has 2 aromatic rings. The minimum Gasteiger partial charge on any atom is -0.310 e. The summed E-state index contributed by atoms with van der Waals surface area (Å²) in [4.78, 5) is 14.7. The number of nitrogens with zero attached hydrogens (tertiary/aromatic N) is 1. The fraction of sp³-hybridized carbons (Fsp3) is 0.167. The van der Waals surface area contributed by atoms with Gasteiger partial charge in [0.25, 0.3) is 0 Å². The van der Waals surface area contributed by atoms with E-state index in [9.17, 15) is 18.0 Å². The number of aromatic nitrogens is 1. The van der Waals surface area contributed by atoms with Gasteiger partial charge in [0, 0.05) is 12.3 Å². The second-order valence-electron chi connectivity index (χ2n) is 3.76. The third-order valence-corrected chi connectivity index (χ3v) is 2.32. The summed E-state index contributed by atoms with van der Waals surface area (Å²) in [5.41, 5.74) is -0.550. The Bertz CT molecular complexity index is 608. The van der Waals surface area contributed by atoms with Gasteiger partial charge in [0.1, 0.15) is 5.82 Å². The minimum absolute atomic E-state index is 0.374. The third-order valence-electron chi connectivity index (χ3n) is 2.32. The molecule has 6 heteroatoms. The number of carbonyl (C=O) groups excluding carboxylic acids is 1. The highest BCUT2D eigenvalue weighted by molar-refractivity contribution is 5.91. The number of alkyl halides is 3. The molecule has 1 heterocycles. The molecule has 0 radical (unpaired) electrons. The van der Waals surface area contributed by atoms with E-state index in [-0.39, 0.29) is 0 Å². The van der Waals surface area contributed by atoms with Gasteiger partial charge in [-0.3, -0.25) is 4.79 Å². The molecule has 2 rings (SSSR count). The van der Waals surface area contributed by atoms with E-state index in [1.165, 1.54) is 6.07 Å². The van der Waals surface area contributed by atoms with Crippen molar-refractivity contribution in [1.29, 1.82) is 0 Å². The molecule has 3 nitrogen and oxygen atoms in total. The summed E-state index contributed by atoms with van der Waals surface area (Å²) in [6.45, 7) is 1.14. The number of carbonyl (C=O) groups is 1. The van der Waals surface area contributed by atoms with Crippen LogP contribution in [0, 0.1) is 0 Å². The molecule has 0 aliphatic carbocycles. The number of pyridine rings is 1. The third kappa shape index (κ3) is 2.42. The Labute approximate surface area is 101 Å². The van der Waals surface area contributed by atoms with E-state index in [0.29, 0.717) is 10.9 Å². The molecule has 0 aliphatic rings. The van der Waals surface area contributed by atoms with Crippen molar-refractivity contribution < 1.29 is 18.0 Å². The number of halogens is 3. The number of hydrogen-bond donors (Lipinski definition) is 1. The first kappa shape index (κ1) is 12.3. The summed E-state index contributed by atoms with van der Waals surface area (Å²) in [5.74, 6) is -1.06. The van der Waals surface area contributed by atoms with Crippen molar-refractivity contribution in [2.75, 3.05) is 5.32 Å². The quantitative estimate of drug-likeness (QED) is 0.849. The van der Waals surface area contributed by atoms with Crippen molar-refractivity contribution in [2.24, 2.45) is 0 Å². The van der Waals surface area contributed by atoms with E-state index in [1.807, 2.05) is 0 Å². The van der Waals surface area contributed by atoms with Crippen molar-refractivity contribution in [3.05, 3.63) is 35.9 Å². The van der Waals surface area contributed by atoms with E-state index < -0.39 is 23.5 Å². The van der Waals surface area contributed by atoms with E-state index in [2.05, 4.69) is 10.3 Å². The second-order valence-corrected chi connectivity index (χ2v) is 3.76. The Hall–Kier alpha value is -2.11. The molecule has 0 bridgehead atoms. The number of anilines is 1. The van der Waals surface area contributed by atoms with Crippen LogP contribution in [0.3, 0.4) is 0 Å². The van der Waals surface area contributed by atoms with Crippen LogP contribution >= 0.6 is 0 Å². The van der Waals surface area contributed by atoms with Crippen LogP contribution in [-0.2, 0) is 11.0 Å². The Morgan fingerprint density at radius 1 is 1.28 bits per heavy atom. The van der Waals surface area contributed by atoms with Crippen molar-refractivity contribution in [2.45, 2.75) is 13.1 Å². The molecule has 1 amide bonds. The SMILES string of the molecule is CC(=O)Nc1nc2ccccc2cc1C(F)(F)F. The van der Waals surface area contributed by atoms with Gasteiger partial charge in [-0.2, -0.15) is 13.2 Å². The predicted octanol–water partition coefficient (Wildman–Crippen LogP) is 3.21. The fourth-order valence-corrected chi connectivity index (χ4v) is 1.59. The maximum Gasteiger partial charge on any atom is 0.419 e. The first-order valence-electron chi connectivity index (χ1n) is 5.12. The maximum absolute atomic E-state index is 12.8. The van der Waals surface area contributed by atoms with Crippen molar-refractivity contribution in [3.8, 4) is 0 Å². The van der Waals surface area contributed by atoms with E-state index >= 15 is 0 Å². The molecule has 0 unspecified atom stereocenters. The van der Waals surface area contributed by atoms with Gasteiger partial charge in [-0.1, -0.05) is 18.2 Å². The van der Waals surface area contributed by atoms with Gasteiger partial charge >= 0.3 is 6.18 Å². The number of hydrogen-bond acceptors (Lipinski definition) is 2. The zero-order chi connectivity index (χ0) is 13.3. The summed E-state index contributed by atoms with van der Waals surface area (Å²) in [6, 6.07) is 7.39. The minimum atomic E-state index is -4.56. The van der Waals surface area contributed by atoms with Gasteiger partial charge in [-0.15, -0.1) is 0 Å². The molecule has 0 saturated carbocycles. The average Bonchev–Trinajstić information content (AvgIpc) is 2.26. The molecule has 94 valence electrons. The largest absolute Gasteiger partial charge is 0.419 e. The Balaban J connectivity index is 2.67. The smallest absolute Gasteiger partial charge is 0.310 e. The molecule has 0 atom stereocenters. The number of para-hydroxylation sites is 1. The van der Waals surface area contributed by atoms with E-state index in [4.69, 9.17) is 0 Å². The van der Waals surface area contributed by atoms with Crippen molar-refractivity contribution in [3.63, 3.8) is 0 Å². The van der Waals surface area contributed by atoms with Crippen molar-refractivity contribution >= 4 is 22.6 Å². The van der Waals surface area contributed by atoms with E-state index in [1.54, 1.807) is 18.2 Å². The summed E-state index contributed by atoms with van der Waals surface area (Å²) in [7, 11) is 0. The van der Waals surface area contributed by atoms with Crippen LogP contribution in [-0.4, -0.2) is 10.9 Å². The molecule has 0 saturated heterocycles. The van der Waals surface area contributed by atoms with Crippen LogP contribution in [0.25, 0.3) is 10.9 Å². The molecular weight excluding hydrogens is 245 g/mol. The number of rotatable bonds is 1. The molecule has 1 aromatic heterocycles. The number of fused-ring (bicyclic) bond motifs is 1. The molecular formula is C12H9F3N2O. The Morgan fingerprint density at radius 2 is 1.94 bits per heavy atom. The average molecular weight is 254 g/mol. The zero-order valence-corrected chi connectivity index (χ0v) is 9.38. The molecule has 1 N–H and O–H groups in total. The number of amides is 1. The van der Waals surface area contributed by atoms with Gasteiger partial charge in [0.2, 0.25) is 5.91 Å². The molecule has 1 aromatic carbocycles. The van der Waals surface area contributed by atoms with Crippen LogP contribution in [0.2, 0.25) is 0 Å². The topological polar surface area (TPSA) is 42.0 Å². The summed E-state index contributed by atoms with van der Waals surface area (Å²) >= 11 is 0. The van der Waals surface area contributed by atoms with Gasteiger partial charge in [-0.25, -0.2) is 4.98 Å². The fourth-order valence-electron chi connectivity index (χ4n) is 1.59. The van der Waals surface area contributed by atoms with Gasteiger partial charge in [-0.05, 0) is 12.1 Å². The lowest BCUT2D eigenvalue weighted by Crippen LogP contribution is -2.15. The van der Waals surface area contributed by atoms with Crippen molar-refractivity contribution in [1.82, 2.24) is 4.98 Å². The molecule has 0 fully saturated rings. The lowest BCUT2D eigenvalue weighted by atomic mass is 10.1. The van der Waals surface area contributed by atoms with Crippen LogP contribution < -0.4 is 5.32 Å². The lowest BCUT2D eigenvalue weighted by Gasteiger charge is -2.13. The second kappa shape index (κ2) is 4.29. The van der Waals surface area contributed by atoms with Crippen LogP contribution in [0.15, 0.2) is 30.3 Å². The first-order chi connectivity index (χ1) is 8.38. The number of benzene rings is 1. The van der Waals surface area contributed by atoms with Crippen LogP contribution in [0.1, 0.15) is 12.5 Å². The monoisotopic (exact) mass is 254 g/mol.